The van der Waals surface area contributed by atoms with Crippen LogP contribution in [0.25, 0.3) is 0 Å². The molecular formula is C9H21N2O+. The SMILES string of the molecule is C[15N+](C)=CCCCCN[13CH]=O.[13CH4]. The molecule has 0 unspecified atom stereocenters. The molecule has 72 valence electrons. The van der Waals surface area contributed by atoms with E-state index in [-0.39, 0.29) is 7.43 Å². The number of hydrogen-bond donors (Lipinski definition) is 1. The second-order valence-electron chi connectivity index (χ2n) is 2.71. The topological polar surface area (TPSA) is 32.1 Å². The maximum atomic E-state index is 9.82. The molecule has 0 radical (unpaired) electrons. The average Bonchev–Trinajstić information content (AvgIpc) is 1.96. The van der Waals surface area contributed by atoms with Crippen molar-refractivity contribution in [3.8, 4) is 0 Å². The Hall–Kier alpha value is -0.860. The predicted octanol–water partition coefficient (Wildman–Crippen LogP) is 0.882. The van der Waals surface area contributed by atoms with Gasteiger partial charge in [0.2, 0.25) is 6.41 Å². The van der Waals surface area contributed by atoms with Gasteiger partial charge in [-0.3, -0.25) is 4.79 Å². The second kappa shape index (κ2) is 10.1. The molecule has 0 aromatic carbocycles. The Morgan fingerprint density at radius 3 is 2.50 bits per heavy atom. The van der Waals surface area contributed by atoms with E-state index in [0.29, 0.717) is 0 Å². The quantitative estimate of drug-likeness (QED) is 0.160. The van der Waals surface area contributed by atoms with Crippen molar-refractivity contribution in [2.75, 3.05) is 20.6 Å². The molecule has 0 aliphatic rings. The molecule has 0 atom stereocenters. The van der Waals surface area contributed by atoms with Crippen LogP contribution < -0.4 is 5.32 Å². The lowest BCUT2D eigenvalue weighted by Crippen LogP contribution is -2.11. The maximum absolute atomic E-state index is 9.82. The number of rotatable bonds is 6. The molecule has 0 aliphatic carbocycles. The summed E-state index contributed by atoms with van der Waals surface area (Å²) in [6.45, 7) is 0.796. The van der Waals surface area contributed by atoms with Crippen molar-refractivity contribution in [2.24, 2.45) is 0 Å². The molecule has 0 heterocycles. The van der Waals surface area contributed by atoms with Crippen LogP contribution in [0, 0.1) is 0 Å². The molecule has 1 N–H and O–H groups in total. The smallest absolute Gasteiger partial charge is 0.207 e. The fraction of sp³-hybridized carbons (Fsp3) is 0.778. The average molecular weight is 176 g/mol. The lowest BCUT2D eigenvalue weighted by atomic mass is 10.2. The van der Waals surface area contributed by atoms with E-state index in [2.05, 4.69) is 11.5 Å². The van der Waals surface area contributed by atoms with Crippen molar-refractivity contribution >= 4 is 12.6 Å². The molecule has 0 saturated heterocycles. The van der Waals surface area contributed by atoms with Gasteiger partial charge < -0.3 is 5.32 Å². The number of hydrogen-bond acceptors (Lipinski definition) is 1. The minimum atomic E-state index is 0. The van der Waals surface area contributed by atoms with Gasteiger partial charge in [-0.05, 0) is 12.8 Å². The third-order valence-corrected chi connectivity index (χ3v) is 1.35. The second-order valence-corrected chi connectivity index (χ2v) is 2.71. The van der Waals surface area contributed by atoms with E-state index in [4.69, 9.17) is 0 Å². The number of nitrogens with one attached hydrogen (secondary N) is 1. The van der Waals surface area contributed by atoms with Gasteiger partial charge in [0.1, 0.15) is 20.3 Å². The van der Waals surface area contributed by atoms with Gasteiger partial charge in [-0.25, -0.2) is 4.58 Å². The molecule has 0 aromatic heterocycles. The molecular weight excluding hydrogens is 155 g/mol. The van der Waals surface area contributed by atoms with Gasteiger partial charge in [0.25, 0.3) is 0 Å². The van der Waals surface area contributed by atoms with Crippen molar-refractivity contribution in [3.63, 3.8) is 0 Å². The third-order valence-electron chi connectivity index (χ3n) is 1.35. The number of amides is 1. The van der Waals surface area contributed by atoms with Gasteiger partial charge >= 0.3 is 0 Å². The summed E-state index contributed by atoms with van der Waals surface area (Å²) < 4.78 is 2.05. The zero-order valence-electron chi connectivity index (χ0n) is 7.34. The van der Waals surface area contributed by atoms with Crippen LogP contribution in [0.4, 0.5) is 0 Å². The summed E-state index contributed by atoms with van der Waals surface area (Å²) in [6, 6.07) is 0. The molecule has 12 heavy (non-hydrogen) atoms. The van der Waals surface area contributed by atoms with Crippen LogP contribution >= 0.6 is 0 Å². The van der Waals surface area contributed by atoms with Gasteiger partial charge in [0, 0.05) is 13.0 Å². The van der Waals surface area contributed by atoms with Crippen LogP contribution in [0.5, 0.6) is 0 Å². The van der Waals surface area contributed by atoms with E-state index in [9.17, 15) is 4.79 Å². The van der Waals surface area contributed by atoms with Crippen molar-refractivity contribution in [1.29, 1.82) is 0 Å². The summed E-state index contributed by atoms with van der Waals surface area (Å²) in [7, 11) is 4.04. The van der Waals surface area contributed by atoms with Gasteiger partial charge in [0.05, 0.1) is 0 Å². The summed E-state index contributed by atoms with van der Waals surface area (Å²) in [5.74, 6) is 0. The molecule has 3 heteroatoms. The highest BCUT2D eigenvalue weighted by Crippen LogP contribution is 1.89. The summed E-state index contributed by atoms with van der Waals surface area (Å²) in [6.07, 6.45) is 6.17. The maximum Gasteiger partial charge on any atom is 0.207 e. The largest absolute Gasteiger partial charge is 0.359 e. The number of carbonyl (C=O) groups is 1. The Morgan fingerprint density at radius 2 is 2.00 bits per heavy atom. The molecule has 0 rings (SSSR count). The van der Waals surface area contributed by atoms with Gasteiger partial charge in [0.15, 0.2) is 0 Å². The molecule has 3 nitrogen and oxygen atoms in total. The van der Waals surface area contributed by atoms with Crippen molar-refractivity contribution < 1.29 is 9.37 Å². The first-order chi connectivity index (χ1) is 5.27. The first kappa shape index (κ1) is 13.7. The lowest BCUT2D eigenvalue weighted by molar-refractivity contribution is -0.460. The van der Waals surface area contributed by atoms with Crippen molar-refractivity contribution in [2.45, 2.75) is 26.7 Å². The standard InChI is InChI=1S/C8H16N2O.CH4/c1-10(2)7-5-3-4-6-9-8-11;/h7-8H,3-6H2,1-2H3;1H4/p+1/i8+1,10+1;1+1. The highest BCUT2D eigenvalue weighted by molar-refractivity contribution is 5.50. The van der Waals surface area contributed by atoms with Crippen LogP contribution in [0.2, 0.25) is 0 Å². The Balaban J connectivity index is 0. The van der Waals surface area contributed by atoms with Crippen LogP contribution in [0.1, 0.15) is 26.7 Å². The molecule has 0 bridgehead atoms. The number of unbranched alkanes of at least 4 members (excludes halogenated alkanes) is 2. The Kier molecular flexibility index (Phi) is 11.6. The van der Waals surface area contributed by atoms with E-state index in [1.165, 1.54) is 0 Å². The van der Waals surface area contributed by atoms with E-state index in [0.717, 1.165) is 32.2 Å². The highest BCUT2D eigenvalue weighted by atomic mass is 16.2. The van der Waals surface area contributed by atoms with Crippen LogP contribution in [0.3, 0.4) is 0 Å². The summed E-state index contributed by atoms with van der Waals surface area (Å²) in [5, 5.41) is 2.63. The fourth-order valence-electron chi connectivity index (χ4n) is 0.780. The number of carbonyl (C=O) groups excluding carboxylic acids is 1. The molecule has 0 saturated carbocycles. The van der Waals surface area contributed by atoms with E-state index in [1.54, 1.807) is 0 Å². The molecule has 0 fully saturated rings. The minimum absolute atomic E-state index is 0. The predicted molar refractivity (Wildman–Crippen MR) is 52.8 cm³/mol. The highest BCUT2D eigenvalue weighted by Gasteiger charge is 1.88. The summed E-state index contributed by atoms with van der Waals surface area (Å²) in [4.78, 5) is 9.82. The molecule has 1 amide bonds. The van der Waals surface area contributed by atoms with E-state index in [1.807, 2.05) is 18.7 Å². The summed E-state index contributed by atoms with van der Waals surface area (Å²) in [5.41, 5.74) is 0. The molecule has 0 aromatic rings. The fourth-order valence-corrected chi connectivity index (χ4v) is 0.780. The molecule has 0 aliphatic heterocycles. The van der Waals surface area contributed by atoms with Gasteiger partial charge in [-0.2, -0.15) is 0 Å². The zero-order valence-corrected chi connectivity index (χ0v) is 7.34. The lowest BCUT2D eigenvalue weighted by Gasteiger charge is -1.94. The summed E-state index contributed by atoms with van der Waals surface area (Å²) >= 11 is 0. The normalized spacial score (nSPS) is 8.17. The monoisotopic (exact) mass is 176 g/mol. The number of nitrogens with zero attached hydrogens (tertiary/aromatic N) is 1. The van der Waals surface area contributed by atoms with Crippen LogP contribution in [-0.4, -0.2) is 37.8 Å². The van der Waals surface area contributed by atoms with Crippen LogP contribution in [0.15, 0.2) is 0 Å². The molecule has 0 spiro atoms. The van der Waals surface area contributed by atoms with Crippen molar-refractivity contribution in [1.82, 2.24) is 5.32 Å². The Morgan fingerprint density at radius 1 is 1.33 bits per heavy atom. The Labute approximate surface area is 75.5 Å². The first-order valence-corrected chi connectivity index (χ1v) is 3.94. The zero-order chi connectivity index (χ0) is 8.53. The minimum Gasteiger partial charge on any atom is -0.359 e. The van der Waals surface area contributed by atoms with Gasteiger partial charge in [-0.1, -0.05) is 7.43 Å². The van der Waals surface area contributed by atoms with Gasteiger partial charge in [-0.15, -0.1) is 0 Å². The van der Waals surface area contributed by atoms with Crippen LogP contribution in [-0.2, 0) is 4.79 Å². The van der Waals surface area contributed by atoms with E-state index < -0.39 is 0 Å². The van der Waals surface area contributed by atoms with E-state index >= 15 is 0 Å². The Bertz CT molecular complexity index is 128. The first-order valence-electron chi connectivity index (χ1n) is 3.94. The third kappa shape index (κ3) is 11.9. The van der Waals surface area contributed by atoms with Crippen molar-refractivity contribution in [3.05, 3.63) is 0 Å².